The van der Waals surface area contributed by atoms with Crippen LogP contribution in [-0.4, -0.2) is 0 Å². The summed E-state index contributed by atoms with van der Waals surface area (Å²) in [4.78, 5) is 0. The van der Waals surface area contributed by atoms with Crippen molar-refractivity contribution in [3.8, 4) is 0 Å². The fourth-order valence-electron chi connectivity index (χ4n) is 1.27. The third kappa shape index (κ3) is 2.31. The maximum absolute atomic E-state index is 13.7. The Morgan fingerprint density at radius 3 is 2.23 bits per heavy atom. The number of hydrogen-bond acceptors (Lipinski definition) is 0. The first-order valence-electron chi connectivity index (χ1n) is 4.28. The maximum Gasteiger partial charge on any atom is 0.129 e. The molecule has 1 aromatic carbocycles. The summed E-state index contributed by atoms with van der Waals surface area (Å²) in [6, 6.07) is 3.65. The van der Waals surface area contributed by atoms with Gasteiger partial charge in [0, 0.05) is 4.47 Å². The van der Waals surface area contributed by atoms with Crippen molar-refractivity contribution in [2.24, 2.45) is 0 Å². The van der Waals surface area contributed by atoms with Gasteiger partial charge in [0.15, 0.2) is 0 Å². The lowest BCUT2D eigenvalue weighted by atomic mass is 9.86. The monoisotopic (exact) mass is 244 g/mol. The Kier molecular flexibility index (Phi) is 2.81. The Balaban J connectivity index is 3.37. The van der Waals surface area contributed by atoms with Crippen LogP contribution in [0.25, 0.3) is 0 Å². The maximum atomic E-state index is 13.7. The minimum Gasteiger partial charge on any atom is -0.206 e. The normalized spacial score (nSPS) is 11.8. The van der Waals surface area contributed by atoms with E-state index in [0.29, 0.717) is 5.56 Å². The highest BCUT2D eigenvalue weighted by atomic mass is 79.9. The van der Waals surface area contributed by atoms with Crippen molar-refractivity contribution in [2.75, 3.05) is 0 Å². The van der Waals surface area contributed by atoms with Crippen molar-refractivity contribution in [1.82, 2.24) is 0 Å². The molecule has 0 fully saturated rings. The number of halogens is 2. The van der Waals surface area contributed by atoms with Crippen LogP contribution in [0.15, 0.2) is 16.6 Å². The Bertz CT molecular complexity index is 324. The molecule has 1 aromatic rings. The van der Waals surface area contributed by atoms with Gasteiger partial charge in [-0.25, -0.2) is 4.39 Å². The highest BCUT2D eigenvalue weighted by Gasteiger charge is 2.19. The third-order valence-corrected chi connectivity index (χ3v) is 2.49. The number of aryl methyl sites for hydroxylation is 1. The van der Waals surface area contributed by atoms with E-state index in [1.807, 2.05) is 26.8 Å². The molecule has 0 nitrogen and oxygen atoms in total. The van der Waals surface area contributed by atoms with Gasteiger partial charge < -0.3 is 0 Å². The highest BCUT2D eigenvalue weighted by molar-refractivity contribution is 9.10. The van der Waals surface area contributed by atoms with Crippen molar-refractivity contribution >= 4 is 15.9 Å². The van der Waals surface area contributed by atoms with Crippen LogP contribution in [0.2, 0.25) is 0 Å². The Labute approximate surface area is 87.3 Å². The van der Waals surface area contributed by atoms with Gasteiger partial charge >= 0.3 is 0 Å². The van der Waals surface area contributed by atoms with Gasteiger partial charge in [0.05, 0.1) is 0 Å². The van der Waals surface area contributed by atoms with Crippen molar-refractivity contribution in [1.29, 1.82) is 0 Å². The summed E-state index contributed by atoms with van der Waals surface area (Å²) in [5.74, 6) is -0.0873. The van der Waals surface area contributed by atoms with Gasteiger partial charge in [-0.05, 0) is 35.6 Å². The largest absolute Gasteiger partial charge is 0.206 e. The summed E-state index contributed by atoms with van der Waals surface area (Å²) in [6.45, 7) is 7.82. The molecule has 0 saturated heterocycles. The fourth-order valence-corrected chi connectivity index (χ4v) is 1.84. The average Bonchev–Trinajstić information content (AvgIpc) is 1.94. The molecular weight excluding hydrogens is 231 g/mol. The summed E-state index contributed by atoms with van der Waals surface area (Å²) in [6.07, 6.45) is 0. The molecule has 0 unspecified atom stereocenters. The van der Waals surface area contributed by atoms with Gasteiger partial charge in [0.1, 0.15) is 5.82 Å². The zero-order valence-corrected chi connectivity index (χ0v) is 10.00. The average molecular weight is 245 g/mol. The lowest BCUT2D eigenvalue weighted by Crippen LogP contribution is -2.14. The van der Waals surface area contributed by atoms with Gasteiger partial charge in [0.2, 0.25) is 0 Å². The molecule has 0 aliphatic carbocycles. The predicted octanol–water partition coefficient (Wildman–Crippen LogP) is 4.19. The van der Waals surface area contributed by atoms with E-state index in [9.17, 15) is 4.39 Å². The standard InChI is InChI=1S/C11H14BrF/c1-7-5-8(12)6-9(10(7)13)11(2,3)4/h5-6H,1-4H3. The van der Waals surface area contributed by atoms with Crippen LogP contribution in [0.1, 0.15) is 31.9 Å². The molecule has 0 aromatic heterocycles. The number of hydrogen-bond donors (Lipinski definition) is 0. The predicted molar refractivity (Wildman–Crippen MR) is 57.5 cm³/mol. The summed E-state index contributed by atoms with van der Waals surface area (Å²) in [7, 11) is 0. The number of rotatable bonds is 0. The van der Waals surface area contributed by atoms with Crippen LogP contribution in [0.3, 0.4) is 0 Å². The Morgan fingerprint density at radius 1 is 1.23 bits per heavy atom. The second-order valence-electron chi connectivity index (χ2n) is 4.33. The quantitative estimate of drug-likeness (QED) is 0.642. The first-order valence-corrected chi connectivity index (χ1v) is 5.08. The molecular formula is C11H14BrF. The van der Waals surface area contributed by atoms with Crippen molar-refractivity contribution in [3.05, 3.63) is 33.5 Å². The molecule has 72 valence electrons. The molecule has 0 saturated carbocycles. The second kappa shape index (κ2) is 3.41. The van der Waals surface area contributed by atoms with Crippen LogP contribution in [0.5, 0.6) is 0 Å². The van der Waals surface area contributed by atoms with E-state index >= 15 is 0 Å². The molecule has 1 rings (SSSR count). The van der Waals surface area contributed by atoms with E-state index in [4.69, 9.17) is 0 Å². The topological polar surface area (TPSA) is 0 Å². The summed E-state index contributed by atoms with van der Waals surface area (Å²) in [5.41, 5.74) is 1.32. The van der Waals surface area contributed by atoms with Crippen LogP contribution in [0, 0.1) is 12.7 Å². The lowest BCUT2D eigenvalue weighted by molar-refractivity contribution is 0.518. The first kappa shape index (κ1) is 10.7. The molecule has 0 spiro atoms. The van der Waals surface area contributed by atoms with Gasteiger partial charge in [-0.1, -0.05) is 36.7 Å². The molecule has 0 heterocycles. The van der Waals surface area contributed by atoms with Gasteiger partial charge in [-0.15, -0.1) is 0 Å². The Morgan fingerprint density at radius 2 is 1.77 bits per heavy atom. The van der Waals surface area contributed by atoms with E-state index in [1.165, 1.54) is 0 Å². The van der Waals surface area contributed by atoms with E-state index in [1.54, 1.807) is 13.0 Å². The molecule has 13 heavy (non-hydrogen) atoms. The van der Waals surface area contributed by atoms with Gasteiger partial charge in [-0.2, -0.15) is 0 Å². The van der Waals surface area contributed by atoms with E-state index in [2.05, 4.69) is 15.9 Å². The lowest BCUT2D eigenvalue weighted by Gasteiger charge is -2.21. The van der Waals surface area contributed by atoms with Crippen molar-refractivity contribution < 1.29 is 4.39 Å². The molecule has 0 aliphatic rings. The van der Waals surface area contributed by atoms with Crippen molar-refractivity contribution in [3.63, 3.8) is 0 Å². The van der Waals surface area contributed by atoms with E-state index in [0.717, 1.165) is 10.0 Å². The molecule has 0 amide bonds. The zero-order valence-electron chi connectivity index (χ0n) is 8.41. The molecule has 0 bridgehead atoms. The Hall–Kier alpha value is -0.370. The molecule has 0 atom stereocenters. The third-order valence-electron chi connectivity index (χ3n) is 2.03. The molecule has 2 heteroatoms. The van der Waals surface area contributed by atoms with E-state index in [-0.39, 0.29) is 11.2 Å². The summed E-state index contributed by atoms with van der Waals surface area (Å²) >= 11 is 3.37. The highest BCUT2D eigenvalue weighted by Crippen LogP contribution is 2.29. The van der Waals surface area contributed by atoms with Crippen molar-refractivity contribution in [2.45, 2.75) is 33.1 Å². The van der Waals surface area contributed by atoms with Gasteiger partial charge in [-0.3, -0.25) is 0 Å². The fraction of sp³-hybridized carbons (Fsp3) is 0.455. The number of benzene rings is 1. The molecule has 0 aliphatic heterocycles. The SMILES string of the molecule is Cc1cc(Br)cc(C(C)(C)C)c1F. The van der Waals surface area contributed by atoms with Crippen LogP contribution >= 0.6 is 15.9 Å². The van der Waals surface area contributed by atoms with Gasteiger partial charge in [0.25, 0.3) is 0 Å². The summed E-state index contributed by atoms with van der Waals surface area (Å²) < 4.78 is 14.6. The zero-order chi connectivity index (χ0) is 10.2. The first-order chi connectivity index (χ1) is 5.82. The minimum atomic E-state index is -0.140. The second-order valence-corrected chi connectivity index (χ2v) is 5.25. The summed E-state index contributed by atoms with van der Waals surface area (Å²) in [5, 5.41) is 0. The molecule has 0 radical (unpaired) electrons. The van der Waals surface area contributed by atoms with Crippen LogP contribution in [0.4, 0.5) is 4.39 Å². The minimum absolute atomic E-state index is 0.0873. The van der Waals surface area contributed by atoms with Crippen LogP contribution in [-0.2, 0) is 5.41 Å². The smallest absolute Gasteiger partial charge is 0.129 e. The van der Waals surface area contributed by atoms with E-state index < -0.39 is 0 Å². The van der Waals surface area contributed by atoms with Crippen LogP contribution < -0.4 is 0 Å². The molecule has 0 N–H and O–H groups in total.